The van der Waals surface area contributed by atoms with Gasteiger partial charge in [0.15, 0.2) is 4.32 Å². The molecular formula is C24H29BrO5. The lowest BCUT2D eigenvalue weighted by Crippen LogP contribution is -2.35. The van der Waals surface area contributed by atoms with Gasteiger partial charge in [-0.1, -0.05) is 65.7 Å². The van der Waals surface area contributed by atoms with E-state index in [1.165, 1.54) is 0 Å². The highest BCUT2D eigenvalue weighted by atomic mass is 79.9. The highest BCUT2D eigenvalue weighted by Gasteiger charge is 2.42. The van der Waals surface area contributed by atoms with Crippen LogP contribution in [0, 0.1) is 0 Å². The third kappa shape index (κ3) is 6.08. The first-order valence-corrected chi connectivity index (χ1v) is 11.1. The minimum absolute atomic E-state index is 0.229. The van der Waals surface area contributed by atoms with Crippen molar-refractivity contribution in [3.63, 3.8) is 0 Å². The standard InChI is InChI=1S/C24H29BrO5/c1-4-7-15-30-19-13-14-21(20(16-19)22(26)28-5-2)24(25,23(27)29-6-3)17-18-11-9-8-10-12-18/h8-14,16H,4-7,15,17H2,1-3H3. The Kier molecular flexibility index (Phi) is 9.37. The van der Waals surface area contributed by atoms with Crippen LogP contribution in [0.5, 0.6) is 5.75 Å². The molecule has 2 rings (SSSR count). The van der Waals surface area contributed by atoms with Gasteiger partial charge in [-0.2, -0.15) is 0 Å². The van der Waals surface area contributed by atoms with Crippen molar-refractivity contribution in [2.75, 3.05) is 19.8 Å². The molecule has 0 saturated heterocycles. The lowest BCUT2D eigenvalue weighted by atomic mass is 9.88. The van der Waals surface area contributed by atoms with Gasteiger partial charge >= 0.3 is 11.9 Å². The number of hydrogen-bond acceptors (Lipinski definition) is 5. The molecule has 2 aromatic carbocycles. The maximum absolute atomic E-state index is 13.0. The van der Waals surface area contributed by atoms with Crippen LogP contribution >= 0.6 is 15.9 Å². The van der Waals surface area contributed by atoms with E-state index in [-0.39, 0.29) is 18.8 Å². The SMILES string of the molecule is CCCCOc1ccc(C(Br)(Cc2ccccc2)C(=O)OCC)c(C(=O)OCC)c1. The second-order valence-corrected chi connectivity index (χ2v) is 8.17. The Hall–Kier alpha value is -2.34. The minimum atomic E-state index is -1.24. The molecule has 0 aliphatic carbocycles. The molecule has 0 amide bonds. The number of alkyl halides is 1. The Morgan fingerprint density at radius 1 is 0.967 bits per heavy atom. The van der Waals surface area contributed by atoms with Crippen LogP contribution in [0.25, 0.3) is 0 Å². The van der Waals surface area contributed by atoms with Gasteiger partial charge in [-0.05, 0) is 43.5 Å². The lowest BCUT2D eigenvalue weighted by Gasteiger charge is -2.28. The summed E-state index contributed by atoms with van der Waals surface area (Å²) in [5.41, 5.74) is 1.71. The summed E-state index contributed by atoms with van der Waals surface area (Å²) in [5.74, 6) is -0.401. The van der Waals surface area contributed by atoms with Gasteiger partial charge in [-0.3, -0.25) is 4.79 Å². The Bertz CT molecular complexity index is 837. The Balaban J connectivity index is 2.53. The van der Waals surface area contributed by atoms with Gasteiger partial charge in [-0.25, -0.2) is 4.79 Å². The molecule has 0 bridgehead atoms. The second kappa shape index (κ2) is 11.7. The Morgan fingerprint density at radius 3 is 2.30 bits per heavy atom. The van der Waals surface area contributed by atoms with E-state index in [1.807, 2.05) is 30.3 Å². The quantitative estimate of drug-likeness (QED) is 0.245. The van der Waals surface area contributed by atoms with Gasteiger partial charge in [0.05, 0.1) is 25.4 Å². The molecule has 162 valence electrons. The van der Waals surface area contributed by atoms with Gasteiger partial charge in [-0.15, -0.1) is 0 Å². The van der Waals surface area contributed by atoms with Crippen LogP contribution in [0.3, 0.4) is 0 Å². The number of carbonyl (C=O) groups is 2. The van der Waals surface area contributed by atoms with Crippen LogP contribution < -0.4 is 4.74 Å². The molecule has 6 heteroatoms. The summed E-state index contributed by atoms with van der Waals surface area (Å²) in [6.45, 7) is 6.60. The summed E-state index contributed by atoms with van der Waals surface area (Å²) in [7, 11) is 0. The summed E-state index contributed by atoms with van der Waals surface area (Å²) in [5, 5.41) is 0. The molecule has 0 spiro atoms. The first-order chi connectivity index (χ1) is 14.5. The van der Waals surface area contributed by atoms with Crippen molar-refractivity contribution in [1.82, 2.24) is 0 Å². The highest BCUT2D eigenvalue weighted by molar-refractivity contribution is 9.10. The molecule has 30 heavy (non-hydrogen) atoms. The maximum atomic E-state index is 13.0. The molecule has 1 atom stereocenters. The zero-order valence-corrected chi connectivity index (χ0v) is 19.4. The van der Waals surface area contributed by atoms with Gasteiger partial charge in [0.1, 0.15) is 5.75 Å². The number of benzene rings is 2. The number of hydrogen-bond donors (Lipinski definition) is 0. The third-order valence-corrected chi connectivity index (χ3v) is 5.60. The number of halogens is 1. The van der Waals surface area contributed by atoms with Crippen LogP contribution in [0.2, 0.25) is 0 Å². The lowest BCUT2D eigenvalue weighted by molar-refractivity contribution is -0.146. The van der Waals surface area contributed by atoms with Crippen molar-refractivity contribution < 1.29 is 23.8 Å². The number of esters is 2. The smallest absolute Gasteiger partial charge is 0.338 e. The highest BCUT2D eigenvalue weighted by Crippen LogP contribution is 2.40. The van der Waals surface area contributed by atoms with E-state index in [2.05, 4.69) is 22.9 Å². The van der Waals surface area contributed by atoms with E-state index >= 15 is 0 Å². The third-order valence-electron chi connectivity index (χ3n) is 4.57. The summed E-state index contributed by atoms with van der Waals surface area (Å²) in [6.07, 6.45) is 2.23. The van der Waals surface area contributed by atoms with Crippen LogP contribution in [0.15, 0.2) is 48.5 Å². The zero-order chi connectivity index (χ0) is 22.0. The van der Waals surface area contributed by atoms with E-state index in [0.29, 0.717) is 24.3 Å². The van der Waals surface area contributed by atoms with Gasteiger partial charge in [0, 0.05) is 6.42 Å². The normalized spacial score (nSPS) is 12.7. The van der Waals surface area contributed by atoms with E-state index in [4.69, 9.17) is 14.2 Å². The zero-order valence-electron chi connectivity index (χ0n) is 17.8. The fraction of sp³-hybridized carbons (Fsp3) is 0.417. The van der Waals surface area contributed by atoms with Crippen molar-refractivity contribution in [2.24, 2.45) is 0 Å². The Labute approximate surface area is 186 Å². The van der Waals surface area contributed by atoms with Crippen LogP contribution in [0.4, 0.5) is 0 Å². The second-order valence-electron chi connectivity index (χ2n) is 6.81. The fourth-order valence-electron chi connectivity index (χ4n) is 3.07. The average Bonchev–Trinajstić information content (AvgIpc) is 2.75. The predicted octanol–water partition coefficient (Wildman–Crippen LogP) is 5.44. The van der Waals surface area contributed by atoms with E-state index < -0.39 is 16.3 Å². The summed E-state index contributed by atoms with van der Waals surface area (Å²) < 4.78 is 15.2. The molecular weight excluding hydrogens is 448 g/mol. The van der Waals surface area contributed by atoms with Crippen molar-refractivity contribution in [3.8, 4) is 5.75 Å². The molecule has 0 aliphatic rings. The number of carbonyl (C=O) groups excluding carboxylic acids is 2. The van der Waals surface area contributed by atoms with Crippen molar-refractivity contribution in [3.05, 3.63) is 65.2 Å². The van der Waals surface area contributed by atoms with Crippen LogP contribution in [-0.2, 0) is 25.0 Å². The van der Waals surface area contributed by atoms with Crippen LogP contribution in [-0.4, -0.2) is 31.8 Å². The van der Waals surface area contributed by atoms with Crippen LogP contribution in [0.1, 0.15) is 55.1 Å². The molecule has 0 N–H and O–H groups in total. The molecule has 1 unspecified atom stereocenters. The first-order valence-electron chi connectivity index (χ1n) is 10.3. The fourth-order valence-corrected chi connectivity index (χ4v) is 3.85. The molecule has 2 aromatic rings. The predicted molar refractivity (Wildman–Crippen MR) is 120 cm³/mol. The van der Waals surface area contributed by atoms with Crippen molar-refractivity contribution >= 4 is 27.9 Å². The number of rotatable bonds is 11. The van der Waals surface area contributed by atoms with Crippen molar-refractivity contribution in [2.45, 2.75) is 44.4 Å². The molecule has 0 aliphatic heterocycles. The molecule has 5 nitrogen and oxygen atoms in total. The van der Waals surface area contributed by atoms with Gasteiger partial charge in [0.2, 0.25) is 0 Å². The molecule has 0 aromatic heterocycles. The summed E-state index contributed by atoms with van der Waals surface area (Å²) in [6, 6.07) is 14.7. The summed E-state index contributed by atoms with van der Waals surface area (Å²) in [4.78, 5) is 25.8. The minimum Gasteiger partial charge on any atom is -0.494 e. The largest absolute Gasteiger partial charge is 0.494 e. The van der Waals surface area contributed by atoms with Gasteiger partial charge < -0.3 is 14.2 Å². The average molecular weight is 477 g/mol. The molecule has 0 fully saturated rings. The van der Waals surface area contributed by atoms with Gasteiger partial charge in [0.25, 0.3) is 0 Å². The Morgan fingerprint density at radius 2 is 1.67 bits per heavy atom. The monoisotopic (exact) mass is 476 g/mol. The van der Waals surface area contributed by atoms with Crippen molar-refractivity contribution in [1.29, 1.82) is 0 Å². The molecule has 0 radical (unpaired) electrons. The molecule has 0 saturated carbocycles. The van der Waals surface area contributed by atoms with E-state index in [9.17, 15) is 9.59 Å². The van der Waals surface area contributed by atoms with E-state index in [1.54, 1.807) is 32.0 Å². The number of unbranched alkanes of at least 4 members (excludes halogenated alkanes) is 1. The van der Waals surface area contributed by atoms with E-state index in [0.717, 1.165) is 18.4 Å². The molecule has 0 heterocycles. The topological polar surface area (TPSA) is 61.8 Å². The maximum Gasteiger partial charge on any atom is 0.338 e. The summed E-state index contributed by atoms with van der Waals surface area (Å²) >= 11 is 3.63. The first kappa shape index (κ1) is 23.9. The number of ether oxygens (including phenoxy) is 3.